The molecule has 1 saturated heterocycles. The van der Waals surface area contributed by atoms with Crippen molar-refractivity contribution in [3.05, 3.63) is 41.5 Å². The Morgan fingerprint density at radius 2 is 1.86 bits per heavy atom. The molecule has 9 heteroatoms. The molecule has 2 rings (SSSR count). The van der Waals surface area contributed by atoms with Crippen LogP contribution in [0, 0.1) is 0 Å². The van der Waals surface area contributed by atoms with E-state index in [0.29, 0.717) is 17.5 Å². The van der Waals surface area contributed by atoms with E-state index in [4.69, 9.17) is 26.8 Å². The van der Waals surface area contributed by atoms with E-state index in [1.54, 1.807) is 18.2 Å². The molecule has 1 aromatic carbocycles. The third-order valence-corrected chi connectivity index (χ3v) is 4.58. The minimum absolute atomic E-state index is 0.0515. The second kappa shape index (κ2) is 8.66. The molecule has 1 aliphatic rings. The van der Waals surface area contributed by atoms with E-state index >= 15 is 0 Å². The maximum atomic E-state index is 12.5. The number of carbonyl (C=O) groups is 3. The standard InChI is InChI=1S/C19H20N2O6S/c1-5-6-12-7-11(9-14(26-4)16(12)27-10-15(22)23)8-13-17(24)20(2)19(28)21(3)18(13)25/h5,7-9H,1,6,10H2,2-4H3,(H,22,23). The van der Waals surface area contributed by atoms with Gasteiger partial charge in [0.15, 0.2) is 23.2 Å². The van der Waals surface area contributed by atoms with Crippen LogP contribution in [0.15, 0.2) is 30.4 Å². The number of aliphatic carboxylic acids is 1. The Morgan fingerprint density at radius 3 is 2.36 bits per heavy atom. The molecular formula is C19H20N2O6S. The molecule has 2 amide bonds. The smallest absolute Gasteiger partial charge is 0.341 e. The molecule has 148 valence electrons. The van der Waals surface area contributed by atoms with Gasteiger partial charge in [-0.1, -0.05) is 6.08 Å². The van der Waals surface area contributed by atoms with Crippen molar-refractivity contribution in [3.63, 3.8) is 0 Å². The van der Waals surface area contributed by atoms with Gasteiger partial charge in [0, 0.05) is 19.7 Å². The first-order valence-electron chi connectivity index (χ1n) is 8.19. The minimum atomic E-state index is -1.13. The quantitative estimate of drug-likeness (QED) is 0.318. The third-order valence-electron chi connectivity index (χ3n) is 4.03. The van der Waals surface area contributed by atoms with Crippen LogP contribution in [0.5, 0.6) is 11.5 Å². The first-order valence-corrected chi connectivity index (χ1v) is 8.60. The summed E-state index contributed by atoms with van der Waals surface area (Å²) in [5.74, 6) is -1.60. The normalized spacial score (nSPS) is 14.2. The number of likely N-dealkylation sites (N-methyl/N-ethyl adjacent to an activating group) is 2. The van der Waals surface area contributed by atoms with Crippen molar-refractivity contribution in [3.8, 4) is 11.5 Å². The zero-order chi connectivity index (χ0) is 21.0. The van der Waals surface area contributed by atoms with E-state index in [1.165, 1.54) is 37.1 Å². The summed E-state index contributed by atoms with van der Waals surface area (Å²) in [6.45, 7) is 3.14. The van der Waals surface area contributed by atoms with Gasteiger partial charge in [0.2, 0.25) is 0 Å². The summed E-state index contributed by atoms with van der Waals surface area (Å²) in [6.07, 6.45) is 3.43. The van der Waals surface area contributed by atoms with Crippen molar-refractivity contribution in [2.45, 2.75) is 6.42 Å². The predicted octanol–water partition coefficient (Wildman–Crippen LogP) is 1.49. The van der Waals surface area contributed by atoms with Crippen LogP contribution in [0.2, 0.25) is 0 Å². The Hall–Kier alpha value is -3.20. The number of hydrogen-bond acceptors (Lipinski definition) is 6. The monoisotopic (exact) mass is 404 g/mol. The van der Waals surface area contributed by atoms with Gasteiger partial charge in [-0.15, -0.1) is 6.58 Å². The summed E-state index contributed by atoms with van der Waals surface area (Å²) < 4.78 is 10.7. The zero-order valence-electron chi connectivity index (χ0n) is 15.7. The first kappa shape index (κ1) is 21.1. The summed E-state index contributed by atoms with van der Waals surface area (Å²) >= 11 is 5.07. The van der Waals surface area contributed by atoms with Crippen molar-refractivity contribution in [1.82, 2.24) is 9.80 Å². The maximum Gasteiger partial charge on any atom is 0.341 e. The number of carboxylic acid groups (broad SMARTS) is 1. The molecule has 1 aliphatic heterocycles. The fraction of sp³-hybridized carbons (Fsp3) is 0.263. The second-order valence-corrected chi connectivity index (χ2v) is 6.32. The van der Waals surface area contributed by atoms with E-state index in [9.17, 15) is 14.4 Å². The molecule has 0 radical (unpaired) electrons. The van der Waals surface area contributed by atoms with Crippen LogP contribution in [0.4, 0.5) is 0 Å². The van der Waals surface area contributed by atoms with E-state index in [0.717, 1.165) is 0 Å². The SMILES string of the molecule is C=CCc1cc(C=C2C(=O)N(C)C(=S)N(C)C2=O)cc(OC)c1OCC(=O)O. The Labute approximate surface area is 167 Å². The van der Waals surface area contributed by atoms with Crippen molar-refractivity contribution >= 4 is 41.2 Å². The molecule has 1 fully saturated rings. The summed E-state index contributed by atoms with van der Waals surface area (Å²) in [6, 6.07) is 3.24. The number of allylic oxidation sites excluding steroid dienone is 1. The molecule has 1 N–H and O–H groups in total. The average molecular weight is 404 g/mol. The fourth-order valence-electron chi connectivity index (χ4n) is 2.67. The lowest BCUT2D eigenvalue weighted by Crippen LogP contribution is -2.52. The molecule has 8 nitrogen and oxygen atoms in total. The molecule has 1 aromatic rings. The number of ether oxygens (including phenoxy) is 2. The number of carboxylic acids is 1. The topological polar surface area (TPSA) is 96.4 Å². The van der Waals surface area contributed by atoms with E-state index in [1.807, 2.05) is 0 Å². The molecule has 28 heavy (non-hydrogen) atoms. The fourth-order valence-corrected chi connectivity index (χ4v) is 2.83. The highest BCUT2D eigenvalue weighted by atomic mass is 32.1. The molecule has 0 spiro atoms. The summed E-state index contributed by atoms with van der Waals surface area (Å²) in [5, 5.41) is 8.99. The van der Waals surface area contributed by atoms with Crippen LogP contribution in [0.3, 0.4) is 0 Å². The number of thiocarbonyl (C=S) groups is 1. The molecule has 0 saturated carbocycles. The number of nitrogens with zero attached hydrogens (tertiary/aromatic N) is 2. The van der Waals surface area contributed by atoms with Crippen molar-refractivity contribution in [2.24, 2.45) is 0 Å². The summed E-state index contributed by atoms with van der Waals surface area (Å²) in [5.41, 5.74) is 1.07. The van der Waals surface area contributed by atoms with Crippen LogP contribution < -0.4 is 9.47 Å². The van der Waals surface area contributed by atoms with Gasteiger partial charge in [0.1, 0.15) is 5.57 Å². The lowest BCUT2D eigenvalue weighted by atomic mass is 10.0. The van der Waals surface area contributed by atoms with Gasteiger partial charge in [0.25, 0.3) is 11.8 Å². The van der Waals surface area contributed by atoms with Gasteiger partial charge in [-0.05, 0) is 42.4 Å². The van der Waals surface area contributed by atoms with Gasteiger partial charge < -0.3 is 14.6 Å². The molecule has 0 atom stereocenters. The highest BCUT2D eigenvalue weighted by Gasteiger charge is 2.35. The second-order valence-electron chi connectivity index (χ2n) is 5.96. The Morgan fingerprint density at radius 1 is 1.25 bits per heavy atom. The lowest BCUT2D eigenvalue weighted by Gasteiger charge is -2.31. The van der Waals surface area contributed by atoms with Crippen LogP contribution in [-0.4, -0.2) is 65.6 Å². The van der Waals surface area contributed by atoms with Gasteiger partial charge in [0.05, 0.1) is 7.11 Å². The molecular weight excluding hydrogens is 384 g/mol. The first-order chi connectivity index (χ1) is 13.2. The number of methoxy groups -OCH3 is 1. The van der Waals surface area contributed by atoms with Gasteiger partial charge >= 0.3 is 5.97 Å². The van der Waals surface area contributed by atoms with Crippen molar-refractivity contribution < 1.29 is 29.0 Å². The Bertz CT molecular complexity index is 867. The van der Waals surface area contributed by atoms with E-state index in [-0.39, 0.29) is 22.2 Å². The van der Waals surface area contributed by atoms with E-state index < -0.39 is 24.4 Å². The number of carbonyl (C=O) groups excluding carboxylic acids is 2. The van der Waals surface area contributed by atoms with Crippen LogP contribution in [-0.2, 0) is 20.8 Å². The van der Waals surface area contributed by atoms with Crippen LogP contribution in [0.25, 0.3) is 6.08 Å². The average Bonchev–Trinajstić information content (AvgIpc) is 2.67. The van der Waals surface area contributed by atoms with E-state index in [2.05, 4.69) is 6.58 Å². The maximum absolute atomic E-state index is 12.5. The molecule has 0 aliphatic carbocycles. The highest BCUT2D eigenvalue weighted by Crippen LogP contribution is 2.34. The van der Waals surface area contributed by atoms with Gasteiger partial charge in [-0.25, -0.2) is 4.79 Å². The largest absolute Gasteiger partial charge is 0.493 e. The minimum Gasteiger partial charge on any atom is -0.493 e. The predicted molar refractivity (Wildman–Crippen MR) is 106 cm³/mol. The van der Waals surface area contributed by atoms with Gasteiger partial charge in [-0.3, -0.25) is 19.4 Å². The molecule has 1 heterocycles. The highest BCUT2D eigenvalue weighted by molar-refractivity contribution is 7.80. The van der Waals surface area contributed by atoms with Crippen LogP contribution >= 0.6 is 12.2 Å². The number of rotatable bonds is 7. The summed E-state index contributed by atoms with van der Waals surface area (Å²) in [7, 11) is 4.40. The Balaban J connectivity index is 2.54. The van der Waals surface area contributed by atoms with Crippen LogP contribution in [0.1, 0.15) is 11.1 Å². The van der Waals surface area contributed by atoms with Crippen molar-refractivity contribution in [2.75, 3.05) is 27.8 Å². The van der Waals surface area contributed by atoms with Gasteiger partial charge in [-0.2, -0.15) is 0 Å². The Kier molecular flexibility index (Phi) is 6.53. The number of amides is 2. The number of benzene rings is 1. The molecule has 0 aromatic heterocycles. The molecule has 0 bridgehead atoms. The molecule has 0 unspecified atom stereocenters. The third kappa shape index (κ3) is 4.20. The lowest BCUT2D eigenvalue weighted by molar-refractivity contribution is -0.139. The summed E-state index contributed by atoms with van der Waals surface area (Å²) in [4.78, 5) is 38.3. The zero-order valence-corrected chi connectivity index (χ0v) is 16.5. The van der Waals surface area contributed by atoms with Crippen molar-refractivity contribution in [1.29, 1.82) is 0 Å². The number of hydrogen-bond donors (Lipinski definition) is 1.